The summed E-state index contributed by atoms with van der Waals surface area (Å²) in [5, 5.41) is 30.4. The molecule has 1 aromatic heterocycles. The molecule has 0 atom stereocenters. The van der Waals surface area contributed by atoms with Crippen LogP contribution in [0.1, 0.15) is 15.9 Å². The lowest BCUT2D eigenvalue weighted by atomic mass is 10.2. The second-order valence-electron chi connectivity index (χ2n) is 5.56. The molecule has 28 heavy (non-hydrogen) atoms. The average Bonchev–Trinajstić information content (AvgIpc) is 3.03. The number of hydrogen-bond acceptors (Lipinski definition) is 7. The van der Waals surface area contributed by atoms with Crippen molar-refractivity contribution in [1.29, 1.82) is 0 Å². The van der Waals surface area contributed by atoms with Gasteiger partial charge < -0.3 is 16.2 Å². The summed E-state index contributed by atoms with van der Waals surface area (Å²) >= 11 is 5.93. The summed E-state index contributed by atoms with van der Waals surface area (Å²) < 4.78 is 0. The van der Waals surface area contributed by atoms with Gasteiger partial charge in [0.25, 0.3) is 5.91 Å². The summed E-state index contributed by atoms with van der Waals surface area (Å²) in [5.74, 6) is -1.03. The molecule has 1 heterocycles. The van der Waals surface area contributed by atoms with Crippen molar-refractivity contribution in [1.82, 2.24) is 10.2 Å². The first kappa shape index (κ1) is 18.9. The third-order valence-corrected chi connectivity index (χ3v) is 3.85. The van der Waals surface area contributed by atoms with Gasteiger partial charge in [0.15, 0.2) is 17.4 Å². The summed E-state index contributed by atoms with van der Waals surface area (Å²) in [6.07, 6.45) is 1.27. The zero-order valence-electron chi connectivity index (χ0n) is 14.1. The molecule has 142 valence electrons. The molecule has 0 radical (unpaired) electrons. The third-order valence-electron chi connectivity index (χ3n) is 3.62. The Morgan fingerprint density at radius 3 is 2.82 bits per heavy atom. The van der Waals surface area contributed by atoms with Crippen molar-refractivity contribution in [2.45, 2.75) is 0 Å². The summed E-state index contributed by atoms with van der Waals surface area (Å²) in [4.78, 5) is 26.1. The predicted molar refractivity (Wildman–Crippen MR) is 104 cm³/mol. The first-order chi connectivity index (χ1) is 13.3. The van der Waals surface area contributed by atoms with E-state index in [2.05, 4.69) is 20.5 Å². The average molecular weight is 401 g/mol. The minimum Gasteiger partial charge on any atom is -0.502 e. The number of nitro benzene ring substituents is 1. The summed E-state index contributed by atoms with van der Waals surface area (Å²) in [6.45, 7) is 0. The number of phenols is 1. The fourth-order valence-corrected chi connectivity index (χ4v) is 2.55. The van der Waals surface area contributed by atoms with Crippen molar-refractivity contribution >= 4 is 46.7 Å². The van der Waals surface area contributed by atoms with Crippen molar-refractivity contribution in [2.24, 2.45) is 10.7 Å². The highest BCUT2D eigenvalue weighted by Gasteiger charge is 2.18. The van der Waals surface area contributed by atoms with Gasteiger partial charge in [-0.2, -0.15) is 5.10 Å². The summed E-state index contributed by atoms with van der Waals surface area (Å²) in [5.41, 5.74) is 5.89. The fourth-order valence-electron chi connectivity index (χ4n) is 2.36. The van der Waals surface area contributed by atoms with Gasteiger partial charge in [-0.1, -0.05) is 17.7 Å². The maximum atomic E-state index is 11.9. The minimum absolute atomic E-state index is 0.00417. The molecule has 0 unspecified atom stereocenters. The highest BCUT2D eigenvalue weighted by Crippen LogP contribution is 2.28. The van der Waals surface area contributed by atoms with E-state index in [4.69, 9.17) is 17.3 Å². The van der Waals surface area contributed by atoms with Crippen molar-refractivity contribution in [3.05, 3.63) is 68.7 Å². The second kappa shape index (κ2) is 7.76. The maximum Gasteiger partial charge on any atom is 0.311 e. The SMILES string of the molecule is NC(=O)c1c(Nc2cccc(Cl)c2)n[nH]c1N=Cc1ccc(O)c([N+](=O)[O-])c1. The monoisotopic (exact) mass is 400 g/mol. The molecule has 3 rings (SSSR count). The van der Waals surface area contributed by atoms with Crippen molar-refractivity contribution in [2.75, 3.05) is 5.32 Å². The van der Waals surface area contributed by atoms with Gasteiger partial charge >= 0.3 is 5.69 Å². The second-order valence-corrected chi connectivity index (χ2v) is 6.00. The number of benzene rings is 2. The number of aromatic amines is 1. The lowest BCUT2D eigenvalue weighted by Crippen LogP contribution is -2.12. The molecule has 0 fully saturated rings. The van der Waals surface area contributed by atoms with E-state index >= 15 is 0 Å². The normalized spacial score (nSPS) is 10.9. The number of nitro groups is 1. The van der Waals surface area contributed by atoms with E-state index in [1.165, 1.54) is 18.3 Å². The van der Waals surface area contributed by atoms with E-state index in [1.807, 2.05) is 0 Å². The molecular weight excluding hydrogens is 388 g/mol. The largest absolute Gasteiger partial charge is 0.502 e. The Hall–Kier alpha value is -3.92. The van der Waals surface area contributed by atoms with Crippen LogP contribution in [-0.2, 0) is 0 Å². The lowest BCUT2D eigenvalue weighted by molar-refractivity contribution is -0.385. The number of halogens is 1. The number of nitrogens with two attached hydrogens (primary N) is 1. The quantitative estimate of drug-likeness (QED) is 0.282. The molecule has 10 nitrogen and oxygen atoms in total. The summed E-state index contributed by atoms with van der Waals surface area (Å²) in [7, 11) is 0. The number of rotatable bonds is 6. The maximum absolute atomic E-state index is 11.9. The molecule has 0 aliphatic heterocycles. The van der Waals surface area contributed by atoms with Gasteiger partial charge in [-0.25, -0.2) is 4.99 Å². The topological polar surface area (TPSA) is 160 Å². The van der Waals surface area contributed by atoms with Crippen LogP contribution in [0.15, 0.2) is 47.5 Å². The number of aromatic nitrogens is 2. The molecule has 3 aromatic rings. The molecular formula is C17H13ClN6O4. The number of nitrogens with zero attached hydrogens (tertiary/aromatic N) is 3. The van der Waals surface area contributed by atoms with Gasteiger partial charge in [0.2, 0.25) is 0 Å². The number of H-pyrrole nitrogens is 1. The van der Waals surface area contributed by atoms with Crippen LogP contribution < -0.4 is 11.1 Å². The molecule has 2 aromatic carbocycles. The number of carbonyl (C=O) groups is 1. The molecule has 0 bridgehead atoms. The number of phenolic OH excluding ortho intramolecular Hbond substituents is 1. The van der Waals surface area contributed by atoms with Crippen molar-refractivity contribution in [3.63, 3.8) is 0 Å². The van der Waals surface area contributed by atoms with E-state index < -0.39 is 22.3 Å². The van der Waals surface area contributed by atoms with Crippen LogP contribution >= 0.6 is 11.6 Å². The number of aromatic hydroxyl groups is 1. The first-order valence-electron chi connectivity index (χ1n) is 7.77. The minimum atomic E-state index is -0.776. The molecule has 0 spiro atoms. The van der Waals surface area contributed by atoms with Gasteiger partial charge in [-0.05, 0) is 35.9 Å². The van der Waals surface area contributed by atoms with Crippen molar-refractivity contribution in [3.8, 4) is 5.75 Å². The Balaban J connectivity index is 1.92. The van der Waals surface area contributed by atoms with Crippen LogP contribution in [0, 0.1) is 10.1 Å². The molecule has 5 N–H and O–H groups in total. The lowest BCUT2D eigenvalue weighted by Gasteiger charge is -2.04. The molecule has 0 aliphatic rings. The standard InChI is InChI=1S/C17H13ClN6O4/c18-10-2-1-3-11(7-10)21-17-14(15(19)26)16(22-23-17)20-8-9-4-5-13(25)12(6-9)24(27)28/h1-8,25H,(H2,19,26)(H2,21,22,23). The smallest absolute Gasteiger partial charge is 0.311 e. The fraction of sp³-hybridized carbons (Fsp3) is 0. The van der Waals surface area contributed by atoms with Crippen LogP contribution in [0.5, 0.6) is 5.75 Å². The molecule has 11 heteroatoms. The van der Waals surface area contributed by atoms with Gasteiger partial charge in [-0.3, -0.25) is 20.0 Å². The van der Waals surface area contributed by atoms with Gasteiger partial charge in [0, 0.05) is 23.0 Å². The number of amides is 1. The van der Waals surface area contributed by atoms with Gasteiger partial charge in [0.05, 0.1) is 4.92 Å². The summed E-state index contributed by atoms with van der Waals surface area (Å²) in [6, 6.07) is 10.5. The van der Waals surface area contributed by atoms with E-state index in [9.17, 15) is 20.0 Å². The number of primary amides is 1. The van der Waals surface area contributed by atoms with E-state index in [-0.39, 0.29) is 17.2 Å². The Labute approximate surface area is 162 Å². The van der Waals surface area contributed by atoms with E-state index in [0.717, 1.165) is 6.07 Å². The van der Waals surface area contributed by atoms with Crippen molar-refractivity contribution < 1.29 is 14.8 Å². The Morgan fingerprint density at radius 1 is 1.36 bits per heavy atom. The van der Waals surface area contributed by atoms with Crippen LogP contribution in [-0.4, -0.2) is 32.3 Å². The highest BCUT2D eigenvalue weighted by atomic mass is 35.5. The Morgan fingerprint density at radius 2 is 2.14 bits per heavy atom. The van der Waals surface area contributed by atoms with Crippen LogP contribution in [0.2, 0.25) is 5.02 Å². The van der Waals surface area contributed by atoms with E-state index in [0.29, 0.717) is 16.3 Å². The number of hydrogen-bond donors (Lipinski definition) is 4. The predicted octanol–water partition coefficient (Wildman–Crippen LogP) is 3.27. The van der Waals surface area contributed by atoms with Gasteiger partial charge in [0.1, 0.15) is 5.56 Å². The van der Waals surface area contributed by atoms with Crippen LogP contribution in [0.4, 0.5) is 23.0 Å². The van der Waals surface area contributed by atoms with E-state index in [1.54, 1.807) is 24.3 Å². The zero-order chi connectivity index (χ0) is 20.3. The van der Waals surface area contributed by atoms with Gasteiger partial charge in [-0.15, -0.1) is 0 Å². The molecule has 1 amide bonds. The molecule has 0 aliphatic carbocycles. The third kappa shape index (κ3) is 4.07. The molecule has 0 saturated carbocycles. The number of nitrogens with one attached hydrogen (secondary N) is 2. The van der Waals surface area contributed by atoms with Crippen LogP contribution in [0.25, 0.3) is 0 Å². The molecule has 0 saturated heterocycles. The zero-order valence-corrected chi connectivity index (χ0v) is 14.8. The van der Waals surface area contributed by atoms with Crippen LogP contribution in [0.3, 0.4) is 0 Å². The number of aliphatic imine (C=N–C) groups is 1. The highest BCUT2D eigenvalue weighted by molar-refractivity contribution is 6.30. The Bertz CT molecular complexity index is 1100. The first-order valence-corrected chi connectivity index (χ1v) is 8.15. The number of carbonyl (C=O) groups excluding carboxylic acids is 1. The Kier molecular flexibility index (Phi) is 5.23. The number of anilines is 2.